The highest BCUT2D eigenvalue weighted by atomic mass is 16.2. The molecule has 0 radical (unpaired) electrons. The van der Waals surface area contributed by atoms with Gasteiger partial charge in [-0.15, -0.1) is 0 Å². The summed E-state index contributed by atoms with van der Waals surface area (Å²) in [5.74, 6) is 1.62. The molecule has 0 aromatic carbocycles. The lowest BCUT2D eigenvalue weighted by Crippen LogP contribution is -2.43. The minimum absolute atomic E-state index is 0.167. The smallest absolute Gasteiger partial charge is 0.274 e. The monoisotopic (exact) mass is 287 g/mol. The Balaban J connectivity index is 1.50. The maximum absolute atomic E-state index is 12.9. The third kappa shape index (κ3) is 2.72. The average molecular weight is 287 g/mol. The highest BCUT2D eigenvalue weighted by Gasteiger charge is 2.39. The van der Waals surface area contributed by atoms with Crippen molar-refractivity contribution in [2.45, 2.75) is 76.3 Å². The standard InChI is InChI=1S/C17H25N3O/c1-11-2-6-13(7-3-11)20(14-8-9-14)17(21)16-10-15(18-19-16)12-4-5-12/h10-14H,2-9H2,1H3,(H,18,19). The molecule has 1 N–H and O–H groups in total. The number of nitrogens with zero attached hydrogens (tertiary/aromatic N) is 2. The maximum Gasteiger partial charge on any atom is 0.274 e. The summed E-state index contributed by atoms with van der Waals surface area (Å²) in [6.45, 7) is 2.33. The lowest BCUT2D eigenvalue weighted by Gasteiger charge is -2.36. The highest BCUT2D eigenvalue weighted by Crippen LogP contribution is 2.40. The highest BCUT2D eigenvalue weighted by molar-refractivity contribution is 5.93. The molecule has 4 nitrogen and oxygen atoms in total. The summed E-state index contributed by atoms with van der Waals surface area (Å²) >= 11 is 0. The molecular formula is C17H25N3O. The summed E-state index contributed by atoms with van der Waals surface area (Å²) < 4.78 is 0. The number of carbonyl (C=O) groups is 1. The van der Waals surface area contributed by atoms with Crippen LogP contribution in [0.3, 0.4) is 0 Å². The van der Waals surface area contributed by atoms with Gasteiger partial charge in [0.05, 0.1) is 0 Å². The van der Waals surface area contributed by atoms with Crippen LogP contribution in [0, 0.1) is 5.92 Å². The quantitative estimate of drug-likeness (QED) is 0.921. The minimum Gasteiger partial charge on any atom is -0.331 e. The minimum atomic E-state index is 0.167. The van der Waals surface area contributed by atoms with Gasteiger partial charge in [0, 0.05) is 23.7 Å². The van der Waals surface area contributed by atoms with Crippen molar-refractivity contribution < 1.29 is 4.79 Å². The molecule has 114 valence electrons. The van der Waals surface area contributed by atoms with Crippen molar-refractivity contribution in [3.63, 3.8) is 0 Å². The largest absolute Gasteiger partial charge is 0.331 e. The molecule has 1 heterocycles. The van der Waals surface area contributed by atoms with Gasteiger partial charge in [-0.05, 0) is 63.4 Å². The van der Waals surface area contributed by atoms with Gasteiger partial charge in [-0.3, -0.25) is 9.89 Å². The Hall–Kier alpha value is -1.32. The second kappa shape index (κ2) is 5.15. The normalized spacial score (nSPS) is 29.4. The first-order valence-electron chi connectivity index (χ1n) is 8.60. The van der Waals surface area contributed by atoms with Gasteiger partial charge in [0.1, 0.15) is 5.69 Å². The van der Waals surface area contributed by atoms with Crippen LogP contribution in [0.1, 0.15) is 80.4 Å². The third-order valence-electron chi connectivity index (χ3n) is 5.39. The molecule has 1 aromatic heterocycles. The van der Waals surface area contributed by atoms with E-state index in [9.17, 15) is 4.79 Å². The summed E-state index contributed by atoms with van der Waals surface area (Å²) in [6.07, 6.45) is 9.69. The van der Waals surface area contributed by atoms with Gasteiger partial charge in [-0.2, -0.15) is 5.10 Å². The SMILES string of the molecule is CC1CCC(N(C(=O)c2cc(C3CC3)[nH]n2)C2CC2)CC1. The van der Waals surface area contributed by atoms with Crippen molar-refractivity contribution >= 4 is 5.91 Å². The van der Waals surface area contributed by atoms with E-state index in [1.165, 1.54) is 51.4 Å². The molecule has 0 unspecified atom stereocenters. The molecule has 4 heteroatoms. The Morgan fingerprint density at radius 2 is 1.71 bits per heavy atom. The van der Waals surface area contributed by atoms with Crippen molar-refractivity contribution in [3.05, 3.63) is 17.5 Å². The van der Waals surface area contributed by atoms with Crippen molar-refractivity contribution in [2.75, 3.05) is 0 Å². The van der Waals surface area contributed by atoms with Crippen LogP contribution in [-0.2, 0) is 0 Å². The summed E-state index contributed by atoms with van der Waals surface area (Å²) in [7, 11) is 0. The molecule has 21 heavy (non-hydrogen) atoms. The summed E-state index contributed by atoms with van der Waals surface area (Å²) in [5, 5.41) is 7.38. The molecule has 1 aromatic rings. The molecule has 0 bridgehead atoms. The van der Waals surface area contributed by atoms with Crippen LogP contribution < -0.4 is 0 Å². The molecule has 0 atom stereocenters. The van der Waals surface area contributed by atoms with Gasteiger partial charge in [0.25, 0.3) is 5.91 Å². The lowest BCUT2D eigenvalue weighted by molar-refractivity contribution is 0.0587. The zero-order valence-electron chi connectivity index (χ0n) is 12.8. The van der Waals surface area contributed by atoms with Gasteiger partial charge in [-0.1, -0.05) is 6.92 Å². The molecule has 0 spiro atoms. The van der Waals surface area contributed by atoms with Crippen molar-refractivity contribution in [1.82, 2.24) is 15.1 Å². The van der Waals surface area contributed by atoms with E-state index in [4.69, 9.17) is 0 Å². The number of aromatic nitrogens is 2. The molecule has 4 rings (SSSR count). The topological polar surface area (TPSA) is 49.0 Å². The van der Waals surface area contributed by atoms with E-state index >= 15 is 0 Å². The number of amides is 1. The Labute approximate surface area is 126 Å². The Morgan fingerprint density at radius 1 is 1.10 bits per heavy atom. The Bertz CT molecular complexity index is 522. The summed E-state index contributed by atoms with van der Waals surface area (Å²) in [5.41, 5.74) is 1.80. The average Bonchev–Trinajstić information content (AvgIpc) is 3.41. The van der Waals surface area contributed by atoms with Crippen LogP contribution in [0.25, 0.3) is 0 Å². The molecule has 3 aliphatic carbocycles. The zero-order valence-corrected chi connectivity index (χ0v) is 12.8. The van der Waals surface area contributed by atoms with Gasteiger partial charge in [-0.25, -0.2) is 0 Å². The summed E-state index contributed by atoms with van der Waals surface area (Å²) in [4.78, 5) is 15.1. The first-order chi connectivity index (χ1) is 10.2. The molecule has 3 aliphatic rings. The fraction of sp³-hybridized carbons (Fsp3) is 0.765. The van der Waals surface area contributed by atoms with E-state index < -0.39 is 0 Å². The van der Waals surface area contributed by atoms with Crippen LogP contribution in [0.4, 0.5) is 0 Å². The molecule has 3 fully saturated rings. The number of carbonyl (C=O) groups excluding carboxylic acids is 1. The molecule has 0 saturated heterocycles. The van der Waals surface area contributed by atoms with Crippen molar-refractivity contribution in [1.29, 1.82) is 0 Å². The Kier molecular flexibility index (Phi) is 3.27. The van der Waals surface area contributed by atoms with Crippen molar-refractivity contribution in [3.8, 4) is 0 Å². The van der Waals surface area contributed by atoms with Crippen LogP contribution in [0.5, 0.6) is 0 Å². The first-order valence-corrected chi connectivity index (χ1v) is 8.60. The second-order valence-electron chi connectivity index (χ2n) is 7.34. The van der Waals surface area contributed by atoms with E-state index in [1.807, 2.05) is 6.07 Å². The van der Waals surface area contributed by atoms with E-state index in [2.05, 4.69) is 22.0 Å². The van der Waals surface area contributed by atoms with E-state index in [1.54, 1.807) is 0 Å². The molecular weight excluding hydrogens is 262 g/mol. The Morgan fingerprint density at radius 3 is 2.29 bits per heavy atom. The van der Waals surface area contributed by atoms with Crippen LogP contribution in [0.2, 0.25) is 0 Å². The maximum atomic E-state index is 12.9. The van der Waals surface area contributed by atoms with Crippen molar-refractivity contribution in [2.24, 2.45) is 5.92 Å². The summed E-state index contributed by atoms with van der Waals surface area (Å²) in [6, 6.07) is 2.93. The van der Waals surface area contributed by atoms with Crippen LogP contribution in [-0.4, -0.2) is 33.1 Å². The third-order valence-corrected chi connectivity index (χ3v) is 5.39. The fourth-order valence-electron chi connectivity index (χ4n) is 3.69. The van der Waals surface area contributed by atoms with Gasteiger partial charge < -0.3 is 4.90 Å². The number of hydrogen-bond acceptors (Lipinski definition) is 2. The predicted molar refractivity (Wildman–Crippen MR) is 81.2 cm³/mol. The molecule has 0 aliphatic heterocycles. The molecule has 3 saturated carbocycles. The predicted octanol–water partition coefficient (Wildman–Crippen LogP) is 3.47. The number of aromatic amines is 1. The number of hydrogen-bond donors (Lipinski definition) is 1. The van der Waals surface area contributed by atoms with E-state index in [0.29, 0.717) is 23.7 Å². The zero-order chi connectivity index (χ0) is 14.4. The lowest BCUT2D eigenvalue weighted by atomic mass is 9.86. The van der Waals surface area contributed by atoms with Gasteiger partial charge in [0.15, 0.2) is 0 Å². The van der Waals surface area contributed by atoms with Gasteiger partial charge >= 0.3 is 0 Å². The molecule has 1 amide bonds. The second-order valence-corrected chi connectivity index (χ2v) is 7.34. The number of rotatable bonds is 4. The van der Waals surface area contributed by atoms with E-state index in [-0.39, 0.29) is 5.91 Å². The van der Waals surface area contributed by atoms with Crippen LogP contribution in [0.15, 0.2) is 6.07 Å². The fourth-order valence-corrected chi connectivity index (χ4v) is 3.69. The van der Waals surface area contributed by atoms with Gasteiger partial charge in [0.2, 0.25) is 0 Å². The first kappa shape index (κ1) is 13.4. The number of nitrogens with one attached hydrogen (secondary N) is 1. The van der Waals surface area contributed by atoms with Crippen LogP contribution >= 0.6 is 0 Å². The van der Waals surface area contributed by atoms with E-state index in [0.717, 1.165) is 11.6 Å². The number of H-pyrrole nitrogens is 1.